The number of hydrogen-bond donors (Lipinski definition) is 2. The van der Waals surface area contributed by atoms with Gasteiger partial charge in [0.05, 0.1) is 11.9 Å². The molecule has 1 aromatic heterocycles. The summed E-state index contributed by atoms with van der Waals surface area (Å²) >= 11 is 3.38. The maximum absolute atomic E-state index is 11.2. The van der Waals surface area contributed by atoms with E-state index in [1.807, 2.05) is 25.1 Å². The van der Waals surface area contributed by atoms with Crippen LogP contribution in [-0.4, -0.2) is 19.7 Å². The molecule has 0 aliphatic carbocycles. The van der Waals surface area contributed by atoms with Gasteiger partial charge in [0.1, 0.15) is 0 Å². The summed E-state index contributed by atoms with van der Waals surface area (Å²) in [6, 6.07) is 7.48. The van der Waals surface area contributed by atoms with Crippen molar-refractivity contribution in [2.45, 2.75) is 13.5 Å². The molecule has 0 aliphatic rings. The lowest BCUT2D eigenvalue weighted by molar-refractivity contribution is 0.607. The molecule has 0 atom stereocenters. The molecule has 5 nitrogen and oxygen atoms in total. The number of nitrogens with one attached hydrogen (secondary N) is 2. The minimum Gasteiger partial charge on any atom is -0.381 e. The van der Waals surface area contributed by atoms with E-state index in [-0.39, 0.29) is 0 Å². The molecule has 0 bridgehead atoms. The second-order valence-electron chi connectivity index (χ2n) is 4.77. The molecule has 1 aromatic carbocycles. The molecule has 21 heavy (non-hydrogen) atoms. The van der Waals surface area contributed by atoms with Crippen LogP contribution in [0.15, 0.2) is 41.1 Å². The molecule has 2 N–H and O–H groups in total. The summed E-state index contributed by atoms with van der Waals surface area (Å²) < 4.78 is 25.9. The van der Waals surface area contributed by atoms with Crippen LogP contribution in [0.25, 0.3) is 0 Å². The number of halogens is 1. The Kier molecular flexibility index (Phi) is 4.84. The van der Waals surface area contributed by atoms with Crippen molar-refractivity contribution in [1.29, 1.82) is 0 Å². The SMILES string of the molecule is Cc1cc(NCc2cncc(Br)c2)ccc1NS(C)(=O)=O. The summed E-state index contributed by atoms with van der Waals surface area (Å²) in [5, 5.41) is 3.28. The molecule has 0 radical (unpaired) electrons. The number of sulfonamides is 1. The lowest BCUT2D eigenvalue weighted by atomic mass is 10.2. The van der Waals surface area contributed by atoms with Gasteiger partial charge in [-0.1, -0.05) is 0 Å². The van der Waals surface area contributed by atoms with Gasteiger partial charge in [0, 0.05) is 29.1 Å². The monoisotopic (exact) mass is 369 g/mol. The summed E-state index contributed by atoms with van der Waals surface area (Å²) in [6.07, 6.45) is 4.67. The zero-order valence-electron chi connectivity index (χ0n) is 11.7. The van der Waals surface area contributed by atoms with E-state index in [9.17, 15) is 8.42 Å². The Labute approximate surface area is 133 Å². The lowest BCUT2D eigenvalue weighted by Crippen LogP contribution is -2.10. The van der Waals surface area contributed by atoms with Gasteiger partial charge in [-0.25, -0.2) is 8.42 Å². The summed E-state index contributed by atoms with van der Waals surface area (Å²) in [4.78, 5) is 4.10. The average Bonchev–Trinajstić information content (AvgIpc) is 2.38. The molecule has 2 rings (SSSR count). The van der Waals surface area contributed by atoms with Crippen molar-refractivity contribution in [2.24, 2.45) is 0 Å². The molecule has 0 saturated carbocycles. The number of nitrogens with zero attached hydrogens (tertiary/aromatic N) is 1. The van der Waals surface area contributed by atoms with E-state index in [1.54, 1.807) is 18.5 Å². The molecule has 1 heterocycles. The van der Waals surface area contributed by atoms with Gasteiger partial charge in [0.2, 0.25) is 10.0 Å². The van der Waals surface area contributed by atoms with Crippen molar-refractivity contribution in [1.82, 2.24) is 4.98 Å². The van der Waals surface area contributed by atoms with Crippen molar-refractivity contribution in [3.05, 3.63) is 52.3 Å². The van der Waals surface area contributed by atoms with Crippen LogP contribution in [0.4, 0.5) is 11.4 Å². The summed E-state index contributed by atoms with van der Waals surface area (Å²) in [5.41, 5.74) is 3.43. The molecule has 0 spiro atoms. The molecular formula is C14H16BrN3O2S. The predicted molar refractivity (Wildman–Crippen MR) is 88.9 cm³/mol. The highest BCUT2D eigenvalue weighted by atomic mass is 79.9. The van der Waals surface area contributed by atoms with E-state index in [2.05, 4.69) is 31.0 Å². The quantitative estimate of drug-likeness (QED) is 0.848. The number of benzene rings is 1. The number of aryl methyl sites for hydroxylation is 1. The topological polar surface area (TPSA) is 71.1 Å². The highest BCUT2D eigenvalue weighted by Crippen LogP contribution is 2.21. The van der Waals surface area contributed by atoms with Gasteiger partial charge in [0.25, 0.3) is 0 Å². The zero-order chi connectivity index (χ0) is 15.5. The van der Waals surface area contributed by atoms with Gasteiger partial charge < -0.3 is 5.32 Å². The van der Waals surface area contributed by atoms with Gasteiger partial charge in [-0.05, 0) is 58.2 Å². The first-order valence-electron chi connectivity index (χ1n) is 6.25. The first-order valence-corrected chi connectivity index (χ1v) is 8.94. The number of pyridine rings is 1. The van der Waals surface area contributed by atoms with E-state index < -0.39 is 10.0 Å². The van der Waals surface area contributed by atoms with Crippen molar-refractivity contribution < 1.29 is 8.42 Å². The van der Waals surface area contributed by atoms with Crippen LogP contribution in [0.3, 0.4) is 0 Å². The van der Waals surface area contributed by atoms with Crippen LogP contribution in [-0.2, 0) is 16.6 Å². The van der Waals surface area contributed by atoms with Crippen molar-refractivity contribution in [2.75, 3.05) is 16.3 Å². The van der Waals surface area contributed by atoms with Gasteiger partial charge in [-0.3, -0.25) is 9.71 Å². The summed E-state index contributed by atoms with van der Waals surface area (Å²) in [6.45, 7) is 2.50. The van der Waals surface area contributed by atoms with Gasteiger partial charge >= 0.3 is 0 Å². The van der Waals surface area contributed by atoms with Crippen LogP contribution in [0.5, 0.6) is 0 Å². The van der Waals surface area contributed by atoms with Crippen molar-refractivity contribution in [3.8, 4) is 0 Å². The van der Waals surface area contributed by atoms with E-state index in [0.717, 1.165) is 27.5 Å². The molecule has 0 aliphatic heterocycles. The Balaban J connectivity index is 2.07. The standard InChI is InChI=1S/C14H16BrN3O2S/c1-10-5-13(3-4-14(10)18-21(2,19)20)17-8-11-6-12(15)9-16-7-11/h3-7,9,17-18H,8H2,1-2H3. The fraction of sp³-hybridized carbons (Fsp3) is 0.214. The third kappa shape index (κ3) is 5.02. The third-order valence-electron chi connectivity index (χ3n) is 2.78. The Bertz CT molecular complexity index is 748. The minimum atomic E-state index is -3.26. The maximum Gasteiger partial charge on any atom is 0.229 e. The minimum absolute atomic E-state index is 0.590. The smallest absolute Gasteiger partial charge is 0.229 e. The molecule has 7 heteroatoms. The number of aromatic nitrogens is 1. The third-order valence-corrected chi connectivity index (χ3v) is 3.80. The van der Waals surface area contributed by atoms with Crippen LogP contribution in [0.2, 0.25) is 0 Å². The van der Waals surface area contributed by atoms with Crippen LogP contribution >= 0.6 is 15.9 Å². The van der Waals surface area contributed by atoms with Gasteiger partial charge in [-0.15, -0.1) is 0 Å². The van der Waals surface area contributed by atoms with E-state index >= 15 is 0 Å². The maximum atomic E-state index is 11.2. The van der Waals surface area contributed by atoms with Gasteiger partial charge in [-0.2, -0.15) is 0 Å². The Morgan fingerprint density at radius 1 is 1.24 bits per heavy atom. The molecular weight excluding hydrogens is 354 g/mol. The van der Waals surface area contributed by atoms with Crippen LogP contribution in [0.1, 0.15) is 11.1 Å². The van der Waals surface area contributed by atoms with E-state index in [4.69, 9.17) is 0 Å². The van der Waals surface area contributed by atoms with Crippen molar-refractivity contribution in [3.63, 3.8) is 0 Å². The Morgan fingerprint density at radius 2 is 2.00 bits per heavy atom. The molecule has 2 aromatic rings. The lowest BCUT2D eigenvalue weighted by Gasteiger charge is -2.11. The van der Waals surface area contributed by atoms with E-state index in [1.165, 1.54) is 0 Å². The first-order chi connectivity index (χ1) is 9.83. The van der Waals surface area contributed by atoms with Crippen LogP contribution < -0.4 is 10.0 Å². The van der Waals surface area contributed by atoms with Crippen LogP contribution in [0, 0.1) is 6.92 Å². The zero-order valence-corrected chi connectivity index (χ0v) is 14.1. The normalized spacial score (nSPS) is 11.2. The summed E-state index contributed by atoms with van der Waals surface area (Å²) in [7, 11) is -3.26. The number of rotatable bonds is 5. The Morgan fingerprint density at radius 3 is 2.62 bits per heavy atom. The number of hydrogen-bond acceptors (Lipinski definition) is 4. The second kappa shape index (κ2) is 6.44. The highest BCUT2D eigenvalue weighted by Gasteiger charge is 2.05. The van der Waals surface area contributed by atoms with Gasteiger partial charge in [0.15, 0.2) is 0 Å². The molecule has 112 valence electrons. The summed E-state index contributed by atoms with van der Waals surface area (Å²) in [5.74, 6) is 0. The second-order valence-corrected chi connectivity index (χ2v) is 7.43. The number of anilines is 2. The molecule has 0 unspecified atom stereocenters. The molecule has 0 amide bonds. The molecule has 0 fully saturated rings. The largest absolute Gasteiger partial charge is 0.381 e. The van der Waals surface area contributed by atoms with E-state index in [0.29, 0.717) is 12.2 Å². The Hall–Kier alpha value is -1.60. The fourth-order valence-corrected chi connectivity index (χ4v) is 2.89. The first kappa shape index (κ1) is 15.8. The van der Waals surface area contributed by atoms with Crippen molar-refractivity contribution >= 4 is 37.3 Å². The highest BCUT2D eigenvalue weighted by molar-refractivity contribution is 9.10. The average molecular weight is 370 g/mol. The fourth-order valence-electron chi connectivity index (χ4n) is 1.84. The molecule has 0 saturated heterocycles. The predicted octanol–water partition coefficient (Wildman–Crippen LogP) is 3.14.